The summed E-state index contributed by atoms with van der Waals surface area (Å²) < 4.78 is 6.11. The molecular formula is C16H20N4O3. The van der Waals surface area contributed by atoms with Gasteiger partial charge in [0.25, 0.3) is 5.91 Å². The minimum atomic E-state index is -0.276. The highest BCUT2D eigenvalue weighted by molar-refractivity contribution is 5.91. The van der Waals surface area contributed by atoms with E-state index in [-0.39, 0.29) is 17.6 Å². The Hall–Kier alpha value is -2.70. The molecule has 23 heavy (non-hydrogen) atoms. The fraction of sp³-hybridized carbons (Fsp3) is 0.375. The standard InChI is InChI=1S/C16H20N4O3/c1-12-6-8-13(9-7-12)20-11-14(18-19-20)16(22)17-10-4-3-5-15(21)23-2/h6-9,11H,3-5,10H2,1-2H3,(H,17,22). The van der Waals surface area contributed by atoms with Crippen LogP contribution in [0.4, 0.5) is 0 Å². The SMILES string of the molecule is COC(=O)CCCCNC(=O)c1cn(-c2ccc(C)cc2)nn1. The Morgan fingerprint density at radius 1 is 1.22 bits per heavy atom. The zero-order chi connectivity index (χ0) is 16.7. The van der Waals surface area contributed by atoms with Gasteiger partial charge < -0.3 is 10.1 Å². The van der Waals surface area contributed by atoms with Gasteiger partial charge in [0.15, 0.2) is 5.69 Å². The van der Waals surface area contributed by atoms with Crippen LogP contribution in [0.1, 0.15) is 35.3 Å². The van der Waals surface area contributed by atoms with Crippen molar-refractivity contribution in [3.8, 4) is 5.69 Å². The smallest absolute Gasteiger partial charge is 0.305 e. The second-order valence-electron chi connectivity index (χ2n) is 5.17. The largest absolute Gasteiger partial charge is 0.469 e. The number of hydrogen-bond acceptors (Lipinski definition) is 5. The Morgan fingerprint density at radius 3 is 2.65 bits per heavy atom. The van der Waals surface area contributed by atoms with Crippen LogP contribution >= 0.6 is 0 Å². The van der Waals surface area contributed by atoms with E-state index in [4.69, 9.17) is 0 Å². The van der Waals surface area contributed by atoms with Gasteiger partial charge in [-0.25, -0.2) is 4.68 Å². The van der Waals surface area contributed by atoms with Crippen LogP contribution in [-0.2, 0) is 9.53 Å². The summed E-state index contributed by atoms with van der Waals surface area (Å²) in [6.45, 7) is 2.48. The summed E-state index contributed by atoms with van der Waals surface area (Å²) in [5.41, 5.74) is 2.26. The maximum Gasteiger partial charge on any atom is 0.305 e. The first kappa shape index (κ1) is 16.7. The highest BCUT2D eigenvalue weighted by atomic mass is 16.5. The number of nitrogens with zero attached hydrogens (tertiary/aromatic N) is 3. The Labute approximate surface area is 134 Å². The third kappa shape index (κ3) is 4.91. The number of methoxy groups -OCH3 is 1. The average Bonchev–Trinajstić information content (AvgIpc) is 3.04. The van der Waals surface area contributed by atoms with Crippen LogP contribution < -0.4 is 5.32 Å². The Kier molecular flexibility index (Phi) is 5.85. The van der Waals surface area contributed by atoms with Crippen LogP contribution in [0.15, 0.2) is 30.5 Å². The fourth-order valence-corrected chi connectivity index (χ4v) is 1.98. The molecule has 7 nitrogen and oxygen atoms in total. The molecule has 2 rings (SSSR count). The van der Waals surface area contributed by atoms with Crippen molar-refractivity contribution in [1.82, 2.24) is 20.3 Å². The zero-order valence-corrected chi connectivity index (χ0v) is 13.3. The quantitative estimate of drug-likeness (QED) is 0.620. The summed E-state index contributed by atoms with van der Waals surface area (Å²) in [6.07, 6.45) is 3.32. The summed E-state index contributed by atoms with van der Waals surface area (Å²) >= 11 is 0. The van der Waals surface area contributed by atoms with E-state index in [1.54, 1.807) is 10.9 Å². The van der Waals surface area contributed by atoms with Crippen LogP contribution in [-0.4, -0.2) is 40.5 Å². The molecule has 0 saturated carbocycles. The molecule has 0 aliphatic heterocycles. The van der Waals surface area contributed by atoms with Crippen LogP contribution in [0.25, 0.3) is 5.69 Å². The Bertz CT molecular complexity index is 664. The number of carbonyl (C=O) groups excluding carboxylic acids is 2. The van der Waals surface area contributed by atoms with E-state index in [9.17, 15) is 9.59 Å². The van der Waals surface area contributed by atoms with E-state index in [1.807, 2.05) is 31.2 Å². The number of nitrogens with one attached hydrogen (secondary N) is 1. The molecule has 0 unspecified atom stereocenters. The highest BCUT2D eigenvalue weighted by Crippen LogP contribution is 2.08. The summed E-state index contributed by atoms with van der Waals surface area (Å²) in [7, 11) is 1.36. The molecule has 1 aromatic carbocycles. The first-order chi connectivity index (χ1) is 11.1. The number of benzene rings is 1. The Balaban J connectivity index is 1.82. The number of aromatic nitrogens is 3. The number of amides is 1. The monoisotopic (exact) mass is 316 g/mol. The molecule has 0 radical (unpaired) electrons. The average molecular weight is 316 g/mol. The molecule has 1 N–H and O–H groups in total. The van der Waals surface area contributed by atoms with Crippen molar-refractivity contribution in [1.29, 1.82) is 0 Å². The topological polar surface area (TPSA) is 86.1 Å². The number of aryl methyl sites for hydroxylation is 1. The van der Waals surface area contributed by atoms with Crippen molar-refractivity contribution < 1.29 is 14.3 Å². The predicted molar refractivity (Wildman–Crippen MR) is 84.3 cm³/mol. The minimum absolute atomic E-state index is 0.239. The van der Waals surface area contributed by atoms with Gasteiger partial charge in [0, 0.05) is 13.0 Å². The van der Waals surface area contributed by atoms with Gasteiger partial charge in [0.05, 0.1) is 19.0 Å². The number of unbranched alkanes of at least 4 members (excludes halogenated alkanes) is 1. The van der Waals surface area contributed by atoms with Crippen molar-refractivity contribution in [2.75, 3.05) is 13.7 Å². The molecule has 1 amide bonds. The summed E-state index contributed by atoms with van der Waals surface area (Å²) in [6, 6.07) is 7.77. The van der Waals surface area contributed by atoms with Gasteiger partial charge in [-0.15, -0.1) is 5.10 Å². The van der Waals surface area contributed by atoms with Gasteiger partial charge in [-0.1, -0.05) is 22.9 Å². The first-order valence-electron chi connectivity index (χ1n) is 7.44. The lowest BCUT2D eigenvalue weighted by Crippen LogP contribution is -2.24. The lowest BCUT2D eigenvalue weighted by atomic mass is 10.2. The van der Waals surface area contributed by atoms with E-state index >= 15 is 0 Å². The molecule has 0 fully saturated rings. The number of hydrogen-bond donors (Lipinski definition) is 1. The predicted octanol–water partition coefficient (Wildman–Crippen LogP) is 1.65. The molecule has 0 aliphatic carbocycles. The number of esters is 1. The molecule has 122 valence electrons. The van der Waals surface area contributed by atoms with Crippen molar-refractivity contribution in [2.45, 2.75) is 26.2 Å². The minimum Gasteiger partial charge on any atom is -0.469 e. The first-order valence-corrected chi connectivity index (χ1v) is 7.44. The van der Waals surface area contributed by atoms with Crippen LogP contribution in [0, 0.1) is 6.92 Å². The van der Waals surface area contributed by atoms with Crippen molar-refractivity contribution in [3.05, 3.63) is 41.7 Å². The molecule has 7 heteroatoms. The van der Waals surface area contributed by atoms with E-state index < -0.39 is 0 Å². The van der Waals surface area contributed by atoms with Crippen LogP contribution in [0.5, 0.6) is 0 Å². The van der Waals surface area contributed by atoms with Crippen molar-refractivity contribution in [2.24, 2.45) is 0 Å². The van der Waals surface area contributed by atoms with Crippen molar-refractivity contribution in [3.63, 3.8) is 0 Å². The second kappa shape index (κ2) is 8.07. The van der Waals surface area contributed by atoms with Gasteiger partial charge in [0.1, 0.15) is 0 Å². The molecule has 1 heterocycles. The summed E-state index contributed by atoms with van der Waals surface area (Å²) in [4.78, 5) is 22.9. The fourth-order valence-electron chi connectivity index (χ4n) is 1.98. The lowest BCUT2D eigenvalue weighted by Gasteiger charge is -2.02. The second-order valence-corrected chi connectivity index (χ2v) is 5.17. The molecular weight excluding hydrogens is 296 g/mol. The van der Waals surface area contributed by atoms with Gasteiger partial charge in [-0.3, -0.25) is 9.59 Å². The highest BCUT2D eigenvalue weighted by Gasteiger charge is 2.11. The molecule has 2 aromatic rings. The van der Waals surface area contributed by atoms with E-state index in [0.717, 1.165) is 11.3 Å². The van der Waals surface area contributed by atoms with Gasteiger partial charge in [0.2, 0.25) is 0 Å². The van der Waals surface area contributed by atoms with E-state index in [2.05, 4.69) is 20.4 Å². The Morgan fingerprint density at radius 2 is 1.96 bits per heavy atom. The zero-order valence-electron chi connectivity index (χ0n) is 13.3. The third-order valence-electron chi connectivity index (χ3n) is 3.35. The lowest BCUT2D eigenvalue weighted by molar-refractivity contribution is -0.140. The number of carbonyl (C=O) groups is 2. The molecule has 0 bridgehead atoms. The number of rotatable bonds is 7. The van der Waals surface area contributed by atoms with Crippen LogP contribution in [0.2, 0.25) is 0 Å². The van der Waals surface area contributed by atoms with Crippen LogP contribution in [0.3, 0.4) is 0 Å². The van der Waals surface area contributed by atoms with Crippen molar-refractivity contribution >= 4 is 11.9 Å². The molecule has 0 spiro atoms. The summed E-state index contributed by atoms with van der Waals surface area (Å²) in [5, 5.41) is 10.6. The molecule has 0 aliphatic rings. The number of ether oxygens (including phenoxy) is 1. The normalized spacial score (nSPS) is 10.3. The molecule has 0 saturated heterocycles. The maximum absolute atomic E-state index is 12.0. The molecule has 1 aromatic heterocycles. The molecule has 0 atom stereocenters. The van der Waals surface area contributed by atoms with Gasteiger partial charge in [-0.2, -0.15) is 0 Å². The van der Waals surface area contributed by atoms with E-state index in [0.29, 0.717) is 25.8 Å². The van der Waals surface area contributed by atoms with Gasteiger partial charge >= 0.3 is 5.97 Å². The van der Waals surface area contributed by atoms with Gasteiger partial charge in [-0.05, 0) is 31.9 Å². The maximum atomic E-state index is 12.0. The van der Waals surface area contributed by atoms with E-state index in [1.165, 1.54) is 7.11 Å². The third-order valence-corrected chi connectivity index (χ3v) is 3.35. The summed E-state index contributed by atoms with van der Waals surface area (Å²) in [5.74, 6) is -0.515.